The predicted octanol–water partition coefficient (Wildman–Crippen LogP) is 2.55. The van der Waals surface area contributed by atoms with Crippen LogP contribution in [0.25, 0.3) is 0 Å². The maximum absolute atomic E-state index is 12.6. The van der Waals surface area contributed by atoms with E-state index in [1.54, 1.807) is 6.20 Å². The lowest BCUT2D eigenvalue weighted by molar-refractivity contribution is 0.0682. The van der Waals surface area contributed by atoms with Gasteiger partial charge >= 0.3 is 0 Å². The second kappa shape index (κ2) is 5.81. The third kappa shape index (κ3) is 2.79. The van der Waals surface area contributed by atoms with E-state index in [1.807, 2.05) is 17.2 Å². The molecule has 0 N–H and O–H groups in total. The Hall–Kier alpha value is -1.58. The van der Waals surface area contributed by atoms with E-state index in [-0.39, 0.29) is 5.91 Å². The molecule has 0 bridgehead atoms. The van der Waals surface area contributed by atoms with Crippen LogP contribution in [0, 0.1) is 5.92 Å². The molecule has 3 rings (SSSR count). The van der Waals surface area contributed by atoms with Crippen LogP contribution in [-0.2, 0) is 0 Å². The van der Waals surface area contributed by atoms with Gasteiger partial charge in [0, 0.05) is 32.4 Å². The molecule has 2 aliphatic rings. The lowest BCUT2D eigenvalue weighted by Gasteiger charge is -2.31. The second-order valence-electron chi connectivity index (χ2n) is 6.12. The minimum absolute atomic E-state index is 0.144. The van der Waals surface area contributed by atoms with E-state index in [1.165, 1.54) is 19.3 Å². The van der Waals surface area contributed by atoms with Crippen LogP contribution < -0.4 is 4.90 Å². The van der Waals surface area contributed by atoms with Crippen molar-refractivity contribution in [2.45, 2.75) is 32.6 Å². The molecule has 1 aromatic heterocycles. The zero-order valence-electron chi connectivity index (χ0n) is 12.2. The number of amides is 1. The highest BCUT2D eigenvalue weighted by atomic mass is 16.2. The number of pyridine rings is 1. The van der Waals surface area contributed by atoms with Gasteiger partial charge in [-0.25, -0.2) is 0 Å². The SMILES string of the molecule is CC1CCCN(C(=O)c2cncc(N3CCCC3)c2)C1. The van der Waals surface area contributed by atoms with E-state index in [9.17, 15) is 4.79 Å². The fourth-order valence-electron chi connectivity index (χ4n) is 3.25. The van der Waals surface area contributed by atoms with Crippen LogP contribution in [0.4, 0.5) is 5.69 Å². The fraction of sp³-hybridized carbons (Fsp3) is 0.625. The van der Waals surface area contributed by atoms with Crippen molar-refractivity contribution < 1.29 is 4.79 Å². The Kier molecular flexibility index (Phi) is 3.90. The summed E-state index contributed by atoms with van der Waals surface area (Å²) < 4.78 is 0. The number of carbonyl (C=O) groups is 1. The molecule has 2 fully saturated rings. The van der Waals surface area contributed by atoms with Crippen molar-refractivity contribution >= 4 is 11.6 Å². The minimum atomic E-state index is 0.144. The Bertz CT molecular complexity index is 482. The van der Waals surface area contributed by atoms with E-state index in [0.29, 0.717) is 5.92 Å². The quantitative estimate of drug-likeness (QED) is 0.831. The summed E-state index contributed by atoms with van der Waals surface area (Å²) in [6, 6.07) is 2.01. The number of nitrogens with zero attached hydrogens (tertiary/aromatic N) is 3. The third-order valence-electron chi connectivity index (χ3n) is 4.39. The van der Waals surface area contributed by atoms with Crippen molar-refractivity contribution in [3.63, 3.8) is 0 Å². The van der Waals surface area contributed by atoms with Crippen LogP contribution >= 0.6 is 0 Å². The van der Waals surface area contributed by atoms with Crippen LogP contribution in [0.3, 0.4) is 0 Å². The highest BCUT2D eigenvalue weighted by Crippen LogP contribution is 2.22. The number of piperidine rings is 1. The van der Waals surface area contributed by atoms with Gasteiger partial charge < -0.3 is 9.80 Å². The summed E-state index contributed by atoms with van der Waals surface area (Å²) in [4.78, 5) is 21.2. The summed E-state index contributed by atoms with van der Waals surface area (Å²) in [5.41, 5.74) is 1.84. The van der Waals surface area contributed by atoms with Crippen molar-refractivity contribution in [2.75, 3.05) is 31.1 Å². The molecule has 0 radical (unpaired) electrons. The van der Waals surface area contributed by atoms with Gasteiger partial charge in [0.15, 0.2) is 0 Å². The molecule has 1 aromatic rings. The zero-order chi connectivity index (χ0) is 13.9. The number of anilines is 1. The number of likely N-dealkylation sites (tertiary alicyclic amines) is 1. The first-order valence-electron chi connectivity index (χ1n) is 7.73. The molecule has 4 heteroatoms. The average molecular weight is 273 g/mol. The molecule has 0 saturated carbocycles. The van der Waals surface area contributed by atoms with E-state index in [2.05, 4.69) is 16.8 Å². The largest absolute Gasteiger partial charge is 0.370 e. The summed E-state index contributed by atoms with van der Waals surface area (Å²) >= 11 is 0. The number of rotatable bonds is 2. The fourth-order valence-corrected chi connectivity index (χ4v) is 3.25. The van der Waals surface area contributed by atoms with Crippen LogP contribution in [-0.4, -0.2) is 42.0 Å². The van der Waals surface area contributed by atoms with Gasteiger partial charge in [-0.3, -0.25) is 9.78 Å². The minimum Gasteiger partial charge on any atom is -0.370 e. The molecule has 1 unspecified atom stereocenters. The van der Waals surface area contributed by atoms with Crippen LogP contribution in [0.1, 0.15) is 43.0 Å². The molecule has 4 nitrogen and oxygen atoms in total. The van der Waals surface area contributed by atoms with Gasteiger partial charge in [-0.1, -0.05) is 6.92 Å². The van der Waals surface area contributed by atoms with Gasteiger partial charge in [0.2, 0.25) is 0 Å². The molecule has 1 atom stereocenters. The summed E-state index contributed by atoms with van der Waals surface area (Å²) in [6.45, 7) is 6.16. The molecule has 1 amide bonds. The molecule has 20 heavy (non-hydrogen) atoms. The third-order valence-corrected chi connectivity index (χ3v) is 4.39. The van der Waals surface area contributed by atoms with Crippen LogP contribution in [0.5, 0.6) is 0 Å². The monoisotopic (exact) mass is 273 g/mol. The molecule has 108 valence electrons. The molecular weight excluding hydrogens is 250 g/mol. The zero-order valence-corrected chi connectivity index (χ0v) is 12.2. The Morgan fingerprint density at radius 2 is 2.00 bits per heavy atom. The first-order valence-corrected chi connectivity index (χ1v) is 7.73. The molecule has 2 saturated heterocycles. The first kappa shape index (κ1) is 13.4. The topological polar surface area (TPSA) is 36.4 Å². The van der Waals surface area contributed by atoms with Crippen molar-refractivity contribution in [2.24, 2.45) is 5.92 Å². The van der Waals surface area contributed by atoms with Crippen molar-refractivity contribution in [1.29, 1.82) is 0 Å². The standard InChI is InChI=1S/C16H23N3O/c1-13-5-4-8-19(12-13)16(20)14-9-15(11-17-10-14)18-6-2-3-7-18/h9-11,13H,2-8,12H2,1H3. The number of carbonyl (C=O) groups excluding carboxylic acids is 1. The number of hydrogen-bond donors (Lipinski definition) is 0. The Morgan fingerprint density at radius 1 is 1.20 bits per heavy atom. The van der Waals surface area contributed by atoms with Gasteiger partial charge in [-0.05, 0) is 37.7 Å². The molecule has 0 spiro atoms. The van der Waals surface area contributed by atoms with E-state index in [0.717, 1.165) is 43.9 Å². The van der Waals surface area contributed by atoms with Crippen molar-refractivity contribution in [3.05, 3.63) is 24.0 Å². The van der Waals surface area contributed by atoms with Gasteiger partial charge in [0.05, 0.1) is 17.4 Å². The van der Waals surface area contributed by atoms with Crippen molar-refractivity contribution in [3.8, 4) is 0 Å². The maximum Gasteiger partial charge on any atom is 0.255 e. The first-order chi connectivity index (χ1) is 9.74. The van der Waals surface area contributed by atoms with Gasteiger partial charge in [0.1, 0.15) is 0 Å². The molecule has 0 aromatic carbocycles. The van der Waals surface area contributed by atoms with Gasteiger partial charge in [-0.2, -0.15) is 0 Å². The lowest BCUT2D eigenvalue weighted by Crippen LogP contribution is -2.39. The lowest BCUT2D eigenvalue weighted by atomic mass is 10.00. The predicted molar refractivity (Wildman–Crippen MR) is 80.0 cm³/mol. The summed E-state index contributed by atoms with van der Waals surface area (Å²) in [7, 11) is 0. The molecule has 2 aliphatic heterocycles. The van der Waals surface area contributed by atoms with Gasteiger partial charge in [0.25, 0.3) is 5.91 Å². The summed E-state index contributed by atoms with van der Waals surface area (Å²) in [6.07, 6.45) is 8.41. The molecule has 0 aliphatic carbocycles. The molecular formula is C16H23N3O. The van der Waals surface area contributed by atoms with Crippen LogP contribution in [0.2, 0.25) is 0 Å². The summed E-state index contributed by atoms with van der Waals surface area (Å²) in [5.74, 6) is 0.757. The van der Waals surface area contributed by atoms with Crippen LogP contribution in [0.15, 0.2) is 18.5 Å². The van der Waals surface area contributed by atoms with Gasteiger partial charge in [-0.15, -0.1) is 0 Å². The highest BCUT2D eigenvalue weighted by Gasteiger charge is 2.23. The van der Waals surface area contributed by atoms with Crippen molar-refractivity contribution in [1.82, 2.24) is 9.88 Å². The van der Waals surface area contributed by atoms with E-state index >= 15 is 0 Å². The highest BCUT2D eigenvalue weighted by molar-refractivity contribution is 5.94. The van der Waals surface area contributed by atoms with E-state index < -0.39 is 0 Å². The molecule has 3 heterocycles. The Morgan fingerprint density at radius 3 is 2.75 bits per heavy atom. The maximum atomic E-state index is 12.6. The average Bonchev–Trinajstić information content (AvgIpc) is 3.01. The Balaban J connectivity index is 1.75. The second-order valence-corrected chi connectivity index (χ2v) is 6.12. The van der Waals surface area contributed by atoms with E-state index in [4.69, 9.17) is 0 Å². The Labute approximate surface area is 120 Å². The smallest absolute Gasteiger partial charge is 0.255 e. The number of hydrogen-bond acceptors (Lipinski definition) is 3. The normalized spacial score (nSPS) is 23.1. The summed E-state index contributed by atoms with van der Waals surface area (Å²) in [5, 5.41) is 0. The number of aromatic nitrogens is 1.